The maximum absolute atomic E-state index is 13.0. The molecule has 8 heteroatoms. The minimum Gasteiger partial charge on any atom is -0.378 e. The van der Waals surface area contributed by atoms with Crippen molar-refractivity contribution in [3.05, 3.63) is 65.5 Å². The molecule has 6 nitrogen and oxygen atoms in total. The van der Waals surface area contributed by atoms with E-state index in [0.717, 1.165) is 29.2 Å². The van der Waals surface area contributed by atoms with Crippen LogP contribution in [-0.4, -0.2) is 46.4 Å². The maximum atomic E-state index is 13.0. The number of hydrogen-bond acceptors (Lipinski definition) is 6. The Morgan fingerprint density at radius 1 is 1.06 bits per heavy atom. The first kappa shape index (κ1) is 21.5. The quantitative estimate of drug-likeness (QED) is 0.599. The van der Waals surface area contributed by atoms with Crippen molar-refractivity contribution in [3.63, 3.8) is 0 Å². The van der Waals surface area contributed by atoms with Gasteiger partial charge in [-0.05, 0) is 35.9 Å². The summed E-state index contributed by atoms with van der Waals surface area (Å²) in [6, 6.07) is 18.2. The number of nitrogens with zero attached hydrogens (tertiary/aromatic N) is 1. The van der Waals surface area contributed by atoms with Gasteiger partial charge in [0.15, 0.2) is 9.84 Å². The summed E-state index contributed by atoms with van der Waals surface area (Å²) >= 11 is 1.46. The Kier molecular flexibility index (Phi) is 6.41. The van der Waals surface area contributed by atoms with Crippen molar-refractivity contribution in [2.45, 2.75) is 11.8 Å². The van der Waals surface area contributed by atoms with Gasteiger partial charge in [0.25, 0.3) is 5.91 Å². The predicted molar refractivity (Wildman–Crippen MR) is 125 cm³/mol. The molecule has 0 unspecified atom stereocenters. The third-order valence-corrected chi connectivity index (χ3v) is 8.12. The topological polar surface area (TPSA) is 75.7 Å². The number of amides is 1. The van der Waals surface area contributed by atoms with Crippen molar-refractivity contribution >= 4 is 37.8 Å². The number of benzene rings is 2. The highest BCUT2D eigenvalue weighted by Gasteiger charge is 2.22. The summed E-state index contributed by atoms with van der Waals surface area (Å²) < 4.78 is 29.4. The van der Waals surface area contributed by atoms with E-state index in [4.69, 9.17) is 4.74 Å². The van der Waals surface area contributed by atoms with E-state index in [-0.39, 0.29) is 16.6 Å². The smallest absolute Gasteiger partial charge is 0.265 e. The fourth-order valence-electron chi connectivity index (χ4n) is 3.42. The summed E-state index contributed by atoms with van der Waals surface area (Å²) in [6.07, 6.45) is 0. The molecule has 162 valence electrons. The van der Waals surface area contributed by atoms with Gasteiger partial charge in [-0.15, -0.1) is 11.3 Å². The number of nitrogens with one attached hydrogen (secondary N) is 1. The highest BCUT2D eigenvalue weighted by Crippen LogP contribution is 2.39. The lowest BCUT2D eigenvalue weighted by Gasteiger charge is -2.28. The molecule has 1 aromatic heterocycles. The number of rotatable bonds is 6. The summed E-state index contributed by atoms with van der Waals surface area (Å²) in [5.41, 5.74) is 2.65. The molecule has 0 radical (unpaired) electrons. The molecule has 0 bridgehead atoms. The Hall–Kier alpha value is -2.68. The van der Waals surface area contributed by atoms with Crippen molar-refractivity contribution in [1.82, 2.24) is 0 Å². The largest absolute Gasteiger partial charge is 0.378 e. The second-order valence-electron chi connectivity index (χ2n) is 7.18. The molecule has 1 aliphatic rings. The van der Waals surface area contributed by atoms with Crippen molar-refractivity contribution in [3.8, 4) is 11.1 Å². The van der Waals surface area contributed by atoms with Gasteiger partial charge < -0.3 is 15.0 Å². The van der Waals surface area contributed by atoms with Gasteiger partial charge in [-0.3, -0.25) is 4.79 Å². The monoisotopic (exact) mass is 456 g/mol. The average Bonchev–Trinajstić information content (AvgIpc) is 3.26. The first-order valence-electron chi connectivity index (χ1n) is 10.1. The van der Waals surface area contributed by atoms with Gasteiger partial charge in [-0.2, -0.15) is 0 Å². The van der Waals surface area contributed by atoms with E-state index in [9.17, 15) is 13.2 Å². The van der Waals surface area contributed by atoms with Gasteiger partial charge >= 0.3 is 0 Å². The van der Waals surface area contributed by atoms with Crippen LogP contribution in [0.3, 0.4) is 0 Å². The van der Waals surface area contributed by atoms with Crippen LogP contribution in [0.1, 0.15) is 16.6 Å². The van der Waals surface area contributed by atoms with Crippen molar-refractivity contribution in [2.75, 3.05) is 42.3 Å². The van der Waals surface area contributed by atoms with Crippen LogP contribution in [0.5, 0.6) is 0 Å². The second kappa shape index (κ2) is 9.21. The molecule has 0 saturated carbocycles. The van der Waals surface area contributed by atoms with Crippen LogP contribution in [0.25, 0.3) is 11.1 Å². The van der Waals surface area contributed by atoms with E-state index in [2.05, 4.69) is 10.2 Å². The molecule has 2 heterocycles. The van der Waals surface area contributed by atoms with Gasteiger partial charge in [0.05, 0.1) is 33.7 Å². The molecule has 0 atom stereocenters. The van der Waals surface area contributed by atoms with E-state index in [1.54, 1.807) is 19.1 Å². The molecular weight excluding hydrogens is 432 g/mol. The summed E-state index contributed by atoms with van der Waals surface area (Å²) in [6.45, 7) is 4.52. The lowest BCUT2D eigenvalue weighted by atomic mass is 10.1. The molecule has 0 aliphatic carbocycles. The van der Waals surface area contributed by atoms with Crippen LogP contribution in [-0.2, 0) is 14.6 Å². The van der Waals surface area contributed by atoms with Gasteiger partial charge in [-0.25, -0.2) is 8.42 Å². The minimum absolute atomic E-state index is 0.0421. The van der Waals surface area contributed by atoms with Crippen LogP contribution in [0, 0.1) is 0 Å². The molecule has 1 saturated heterocycles. The first-order chi connectivity index (χ1) is 15.0. The fourth-order valence-corrected chi connectivity index (χ4v) is 5.44. The lowest BCUT2D eigenvalue weighted by molar-refractivity contribution is 0.103. The van der Waals surface area contributed by atoms with Gasteiger partial charge in [-0.1, -0.05) is 37.3 Å². The van der Waals surface area contributed by atoms with Crippen LogP contribution < -0.4 is 10.2 Å². The Morgan fingerprint density at radius 2 is 1.74 bits per heavy atom. The minimum atomic E-state index is -3.27. The van der Waals surface area contributed by atoms with E-state index in [1.165, 1.54) is 23.5 Å². The van der Waals surface area contributed by atoms with E-state index >= 15 is 0 Å². The third-order valence-electron chi connectivity index (χ3n) is 5.17. The SMILES string of the molecule is CCS(=O)(=O)c1ccc(NC(=O)c2cc(-c3ccccc3)c(N3CCOCC3)s2)cc1. The Balaban J connectivity index is 1.60. The van der Waals surface area contributed by atoms with Gasteiger partial charge in [0.1, 0.15) is 0 Å². The molecule has 3 aromatic rings. The summed E-state index contributed by atoms with van der Waals surface area (Å²) in [5.74, 6) is -0.173. The number of anilines is 2. The molecule has 1 fully saturated rings. The number of thiophene rings is 1. The van der Waals surface area contributed by atoms with Crippen LogP contribution in [0.4, 0.5) is 10.7 Å². The Morgan fingerprint density at radius 3 is 2.39 bits per heavy atom. The molecule has 1 N–H and O–H groups in total. The van der Waals surface area contributed by atoms with Crippen LogP contribution >= 0.6 is 11.3 Å². The molecule has 1 aliphatic heterocycles. The van der Waals surface area contributed by atoms with Crippen LogP contribution in [0.15, 0.2) is 65.6 Å². The number of carbonyl (C=O) groups is 1. The number of sulfone groups is 1. The Bertz CT molecular complexity index is 1150. The Labute approximate surface area is 186 Å². The zero-order chi connectivity index (χ0) is 21.8. The first-order valence-corrected chi connectivity index (χ1v) is 12.6. The third kappa shape index (κ3) is 4.81. The molecule has 4 rings (SSSR count). The maximum Gasteiger partial charge on any atom is 0.265 e. The average molecular weight is 457 g/mol. The van der Waals surface area contributed by atoms with Gasteiger partial charge in [0, 0.05) is 24.3 Å². The van der Waals surface area contributed by atoms with E-state index in [0.29, 0.717) is 23.8 Å². The number of carbonyl (C=O) groups excluding carboxylic acids is 1. The summed E-state index contributed by atoms with van der Waals surface area (Å²) in [7, 11) is -3.27. The van der Waals surface area contributed by atoms with Crippen LogP contribution in [0.2, 0.25) is 0 Å². The molecular formula is C23H24N2O4S2. The van der Waals surface area contributed by atoms with E-state index in [1.807, 2.05) is 36.4 Å². The normalized spacial score (nSPS) is 14.4. The number of morpholine rings is 1. The standard InChI is InChI=1S/C23H24N2O4S2/c1-2-31(27,28)19-10-8-18(9-11-19)24-22(26)21-16-20(17-6-4-3-5-7-17)23(30-21)25-12-14-29-15-13-25/h3-11,16H,2,12-15H2,1H3,(H,24,26). The molecule has 1 amide bonds. The zero-order valence-electron chi connectivity index (χ0n) is 17.2. The molecule has 0 spiro atoms. The summed E-state index contributed by atoms with van der Waals surface area (Å²) in [4.78, 5) is 16.1. The highest BCUT2D eigenvalue weighted by atomic mass is 32.2. The summed E-state index contributed by atoms with van der Waals surface area (Å²) in [5, 5.41) is 3.94. The lowest BCUT2D eigenvalue weighted by Crippen LogP contribution is -2.35. The number of ether oxygens (including phenoxy) is 1. The van der Waals surface area contributed by atoms with Gasteiger partial charge in [0.2, 0.25) is 0 Å². The highest BCUT2D eigenvalue weighted by molar-refractivity contribution is 7.91. The zero-order valence-corrected chi connectivity index (χ0v) is 18.8. The fraction of sp³-hybridized carbons (Fsp3) is 0.261. The second-order valence-corrected chi connectivity index (χ2v) is 10.5. The molecule has 2 aromatic carbocycles. The van der Waals surface area contributed by atoms with Crippen molar-refractivity contribution < 1.29 is 17.9 Å². The van der Waals surface area contributed by atoms with E-state index < -0.39 is 9.84 Å². The predicted octanol–water partition coefficient (Wildman–Crippen LogP) is 4.30. The number of hydrogen-bond donors (Lipinski definition) is 1. The molecule has 31 heavy (non-hydrogen) atoms. The van der Waals surface area contributed by atoms with Crippen molar-refractivity contribution in [2.24, 2.45) is 0 Å². The van der Waals surface area contributed by atoms with Crippen molar-refractivity contribution in [1.29, 1.82) is 0 Å².